The molecule has 206 valence electrons. The van der Waals surface area contributed by atoms with Gasteiger partial charge in [0.15, 0.2) is 5.13 Å². The summed E-state index contributed by atoms with van der Waals surface area (Å²) in [7, 11) is 0. The first-order valence-electron chi connectivity index (χ1n) is 13.9. The number of carboxylic acid groups (broad SMARTS) is 1. The summed E-state index contributed by atoms with van der Waals surface area (Å²) in [6, 6.07) is 23.0. The first kappa shape index (κ1) is 27.6. The Morgan fingerprint density at radius 2 is 1.68 bits per heavy atom. The number of aromatic nitrogens is 1. The Morgan fingerprint density at radius 1 is 0.975 bits per heavy atom. The summed E-state index contributed by atoms with van der Waals surface area (Å²) in [6.07, 6.45) is 6.40. The highest BCUT2D eigenvalue weighted by Crippen LogP contribution is 2.33. The number of nitrogens with zero attached hydrogens (tertiary/aromatic N) is 2. The average Bonchev–Trinajstić information content (AvgIpc) is 3.47. The fourth-order valence-corrected chi connectivity index (χ4v) is 6.22. The van der Waals surface area contributed by atoms with Crippen molar-refractivity contribution in [3.8, 4) is 11.3 Å². The molecule has 0 saturated heterocycles. The highest BCUT2D eigenvalue weighted by molar-refractivity contribution is 7.14. The number of anilines is 2. The predicted molar refractivity (Wildman–Crippen MR) is 162 cm³/mol. The molecule has 7 heteroatoms. The molecule has 5 rings (SSSR count). The van der Waals surface area contributed by atoms with E-state index in [4.69, 9.17) is 4.98 Å². The molecule has 4 aromatic rings. The van der Waals surface area contributed by atoms with Crippen LogP contribution >= 0.6 is 11.3 Å². The van der Waals surface area contributed by atoms with Gasteiger partial charge >= 0.3 is 5.97 Å². The molecule has 0 aliphatic heterocycles. The van der Waals surface area contributed by atoms with Crippen LogP contribution in [0.4, 0.5) is 10.8 Å². The molecule has 40 heavy (non-hydrogen) atoms. The van der Waals surface area contributed by atoms with Crippen molar-refractivity contribution in [1.29, 1.82) is 0 Å². The Hall–Kier alpha value is -3.97. The Balaban J connectivity index is 1.26. The largest absolute Gasteiger partial charge is 0.478 e. The maximum atomic E-state index is 13.0. The van der Waals surface area contributed by atoms with Crippen molar-refractivity contribution in [2.45, 2.75) is 64.5 Å². The molecule has 6 nitrogen and oxygen atoms in total. The number of hydrogen-bond donors (Lipinski definition) is 2. The number of rotatable bonds is 9. The zero-order valence-electron chi connectivity index (χ0n) is 23.0. The average molecular weight is 554 g/mol. The van der Waals surface area contributed by atoms with E-state index in [1.165, 1.54) is 37.7 Å². The summed E-state index contributed by atoms with van der Waals surface area (Å²) >= 11 is 1.57. The molecule has 1 heterocycles. The van der Waals surface area contributed by atoms with Gasteiger partial charge in [0.1, 0.15) is 0 Å². The fraction of sp³-hybridized carbons (Fsp3) is 0.303. The SMILES string of the molecule is CC(C)N(Cc1ccc(C(=O)O)cc1)c1nc(-c2cccc(NC(=O)c3ccc(C4CCCCC4)cc3)c2)cs1. The third kappa shape index (κ3) is 6.59. The van der Waals surface area contributed by atoms with Crippen LogP contribution in [0.2, 0.25) is 0 Å². The molecular weight excluding hydrogens is 518 g/mol. The maximum Gasteiger partial charge on any atom is 0.335 e. The fourth-order valence-electron chi connectivity index (χ4n) is 5.25. The molecule has 0 bridgehead atoms. The van der Waals surface area contributed by atoms with E-state index in [0.717, 1.165) is 27.6 Å². The molecule has 0 atom stereocenters. The van der Waals surface area contributed by atoms with Gasteiger partial charge < -0.3 is 15.3 Å². The zero-order chi connectivity index (χ0) is 28.1. The second kappa shape index (κ2) is 12.5. The zero-order valence-corrected chi connectivity index (χ0v) is 23.8. The van der Waals surface area contributed by atoms with Crippen LogP contribution in [0.1, 0.15) is 83.7 Å². The van der Waals surface area contributed by atoms with Crippen molar-refractivity contribution in [2.75, 3.05) is 10.2 Å². The molecule has 0 unspecified atom stereocenters. The first-order valence-corrected chi connectivity index (χ1v) is 14.8. The number of aromatic carboxylic acids is 1. The first-order chi connectivity index (χ1) is 19.4. The van der Waals surface area contributed by atoms with Gasteiger partial charge in [0.05, 0.1) is 11.3 Å². The van der Waals surface area contributed by atoms with E-state index >= 15 is 0 Å². The van der Waals surface area contributed by atoms with E-state index in [1.54, 1.807) is 23.5 Å². The summed E-state index contributed by atoms with van der Waals surface area (Å²) in [5.74, 6) is -0.427. The molecule has 1 fully saturated rings. The van der Waals surface area contributed by atoms with Crippen LogP contribution in [0.3, 0.4) is 0 Å². The summed E-state index contributed by atoms with van der Waals surface area (Å²) in [5, 5.41) is 15.1. The van der Waals surface area contributed by atoms with Gasteiger partial charge in [-0.15, -0.1) is 11.3 Å². The van der Waals surface area contributed by atoms with Crippen LogP contribution in [-0.4, -0.2) is 28.0 Å². The number of thiazole rings is 1. The molecule has 3 aromatic carbocycles. The molecule has 1 aliphatic rings. The van der Waals surface area contributed by atoms with Crippen LogP contribution in [0, 0.1) is 0 Å². The highest BCUT2D eigenvalue weighted by atomic mass is 32.1. The Morgan fingerprint density at radius 3 is 2.35 bits per heavy atom. The summed E-state index contributed by atoms with van der Waals surface area (Å²) < 4.78 is 0. The number of carboxylic acids is 1. The van der Waals surface area contributed by atoms with Crippen molar-refractivity contribution in [3.63, 3.8) is 0 Å². The molecule has 0 radical (unpaired) electrons. The summed E-state index contributed by atoms with van der Waals surface area (Å²) in [5.41, 5.74) is 5.80. The van der Waals surface area contributed by atoms with Crippen LogP contribution in [0.5, 0.6) is 0 Å². The molecule has 2 N–H and O–H groups in total. The number of benzene rings is 3. The van der Waals surface area contributed by atoms with Gasteiger partial charge in [0.25, 0.3) is 5.91 Å². The molecule has 1 saturated carbocycles. The van der Waals surface area contributed by atoms with E-state index in [1.807, 2.05) is 53.9 Å². The quantitative estimate of drug-likeness (QED) is 0.218. The molecule has 1 aromatic heterocycles. The molecule has 0 spiro atoms. The lowest BCUT2D eigenvalue weighted by atomic mass is 9.84. The number of carbonyl (C=O) groups is 2. The van der Waals surface area contributed by atoms with Gasteiger partial charge in [0, 0.05) is 34.8 Å². The van der Waals surface area contributed by atoms with E-state index in [9.17, 15) is 14.7 Å². The number of nitrogens with one attached hydrogen (secondary N) is 1. The molecule has 1 aliphatic carbocycles. The Bertz CT molecular complexity index is 1460. The van der Waals surface area contributed by atoms with Gasteiger partial charge in [-0.1, -0.05) is 55.7 Å². The van der Waals surface area contributed by atoms with Gasteiger partial charge in [-0.3, -0.25) is 4.79 Å². The van der Waals surface area contributed by atoms with Crippen LogP contribution in [-0.2, 0) is 6.54 Å². The van der Waals surface area contributed by atoms with Gasteiger partial charge in [0.2, 0.25) is 0 Å². The van der Waals surface area contributed by atoms with Crippen molar-refractivity contribution >= 4 is 34.0 Å². The third-order valence-corrected chi connectivity index (χ3v) is 8.46. The monoisotopic (exact) mass is 553 g/mol. The van der Waals surface area contributed by atoms with Crippen LogP contribution in [0.25, 0.3) is 11.3 Å². The van der Waals surface area contributed by atoms with Crippen molar-refractivity contribution in [3.05, 3.63) is 100 Å². The third-order valence-electron chi connectivity index (χ3n) is 7.58. The summed E-state index contributed by atoms with van der Waals surface area (Å²) in [4.78, 5) is 31.3. The van der Waals surface area contributed by atoms with Crippen LogP contribution in [0.15, 0.2) is 78.2 Å². The lowest BCUT2D eigenvalue weighted by Gasteiger charge is -2.26. The molecular formula is C33H35N3O3S. The number of carbonyl (C=O) groups excluding carboxylic acids is 1. The number of amides is 1. The van der Waals surface area contributed by atoms with Crippen LogP contribution < -0.4 is 10.2 Å². The Kier molecular flexibility index (Phi) is 8.60. The molecule has 1 amide bonds. The van der Waals surface area contributed by atoms with Gasteiger partial charge in [-0.25, -0.2) is 9.78 Å². The van der Waals surface area contributed by atoms with E-state index in [0.29, 0.717) is 18.0 Å². The normalized spacial score (nSPS) is 13.8. The minimum absolute atomic E-state index is 0.119. The van der Waals surface area contributed by atoms with E-state index in [-0.39, 0.29) is 17.5 Å². The topological polar surface area (TPSA) is 82.5 Å². The summed E-state index contributed by atoms with van der Waals surface area (Å²) in [6.45, 7) is 4.86. The minimum atomic E-state index is -0.928. The van der Waals surface area contributed by atoms with Gasteiger partial charge in [-0.05, 0) is 80.1 Å². The smallest absolute Gasteiger partial charge is 0.335 e. The number of hydrogen-bond acceptors (Lipinski definition) is 5. The van der Waals surface area contributed by atoms with Crippen molar-refractivity contribution < 1.29 is 14.7 Å². The van der Waals surface area contributed by atoms with Gasteiger partial charge in [-0.2, -0.15) is 0 Å². The van der Waals surface area contributed by atoms with Crippen molar-refractivity contribution in [1.82, 2.24) is 4.98 Å². The minimum Gasteiger partial charge on any atom is -0.478 e. The standard InChI is InChI=1S/C33H35N3O3S/c1-22(2)36(20-23-11-13-27(14-12-23)32(38)39)33-35-30(21-40-33)28-9-6-10-29(19-28)34-31(37)26-17-15-25(16-18-26)24-7-4-3-5-8-24/h6,9-19,21-22,24H,3-5,7-8,20H2,1-2H3,(H,34,37)(H,38,39). The lowest BCUT2D eigenvalue weighted by Crippen LogP contribution is -2.30. The second-order valence-electron chi connectivity index (χ2n) is 10.7. The van der Waals surface area contributed by atoms with E-state index in [2.05, 4.69) is 36.2 Å². The Labute approximate surface area is 239 Å². The second-order valence-corrected chi connectivity index (χ2v) is 11.6. The van der Waals surface area contributed by atoms with Crippen molar-refractivity contribution in [2.24, 2.45) is 0 Å². The predicted octanol–water partition coefficient (Wildman–Crippen LogP) is 8.22. The van der Waals surface area contributed by atoms with E-state index < -0.39 is 5.97 Å². The maximum absolute atomic E-state index is 13.0. The lowest BCUT2D eigenvalue weighted by molar-refractivity contribution is 0.0696. The highest BCUT2D eigenvalue weighted by Gasteiger charge is 2.18.